The largest absolute Gasteiger partial charge is 0.311 e. The first-order chi connectivity index (χ1) is 29.5. The highest BCUT2D eigenvalue weighted by molar-refractivity contribution is 5.94. The van der Waals surface area contributed by atoms with Crippen LogP contribution in [0.4, 0.5) is 34.1 Å². The van der Waals surface area contributed by atoms with Gasteiger partial charge in [0.05, 0.1) is 5.69 Å². The van der Waals surface area contributed by atoms with Crippen molar-refractivity contribution >= 4 is 34.1 Å². The Kier molecular flexibility index (Phi) is 8.85. The highest BCUT2D eigenvalue weighted by Crippen LogP contribution is 2.61. The van der Waals surface area contributed by atoms with Crippen LogP contribution in [0.15, 0.2) is 206 Å². The van der Waals surface area contributed by atoms with Crippen LogP contribution in [-0.4, -0.2) is 0 Å². The number of hydrogen-bond acceptors (Lipinski definition) is 2. The zero-order chi connectivity index (χ0) is 40.3. The molecule has 11 rings (SSSR count). The van der Waals surface area contributed by atoms with Crippen LogP contribution >= 0.6 is 0 Å². The molecule has 0 radical (unpaired) electrons. The van der Waals surface area contributed by atoms with Crippen molar-refractivity contribution < 1.29 is 0 Å². The molecule has 3 atom stereocenters. The van der Waals surface area contributed by atoms with Crippen molar-refractivity contribution in [1.82, 2.24) is 0 Å². The molecule has 0 spiro atoms. The van der Waals surface area contributed by atoms with Gasteiger partial charge in [-0.05, 0) is 143 Å². The van der Waals surface area contributed by atoms with Crippen molar-refractivity contribution in [2.24, 2.45) is 11.8 Å². The summed E-state index contributed by atoms with van der Waals surface area (Å²) in [5.74, 6) is 1.40. The van der Waals surface area contributed by atoms with Crippen LogP contribution in [0.25, 0.3) is 22.3 Å². The zero-order valence-corrected chi connectivity index (χ0v) is 34.5. The van der Waals surface area contributed by atoms with Gasteiger partial charge in [0.1, 0.15) is 0 Å². The first kappa shape index (κ1) is 36.4. The molecule has 2 nitrogen and oxygen atoms in total. The van der Waals surface area contributed by atoms with Crippen LogP contribution < -0.4 is 9.80 Å². The van der Waals surface area contributed by atoms with Crippen molar-refractivity contribution in [1.29, 1.82) is 0 Å². The quantitative estimate of drug-likeness (QED) is 0.144. The second-order valence-electron chi connectivity index (χ2n) is 17.8. The molecule has 3 unspecified atom stereocenters. The van der Waals surface area contributed by atoms with E-state index in [1.54, 1.807) is 0 Å². The summed E-state index contributed by atoms with van der Waals surface area (Å²) in [6.07, 6.45) is 5.16. The fourth-order valence-electron chi connectivity index (χ4n) is 11.4. The molecule has 0 heterocycles. The summed E-state index contributed by atoms with van der Waals surface area (Å²) in [6.45, 7) is 4.76. The standard InChI is InChI=1S/C58H50N2/c1-57(2)54-26-16-15-25-51(54)53-38-52(42-17-7-3-8-18-42)56(39-55(53)57)60(48-23-13-6-14-24-48)50-35-31-44(32-36-50)58(40-41-27-28-45(58)37-41)43-29-33-49(34-30-43)59(46-19-9-4-10-20-46)47-21-11-5-12-22-47/h3-26,29-36,38-39,41,45H,27-28,37,40H2,1-2H3. The van der Waals surface area contributed by atoms with Gasteiger partial charge >= 0.3 is 0 Å². The first-order valence-electron chi connectivity index (χ1n) is 21.8. The zero-order valence-electron chi connectivity index (χ0n) is 34.5. The van der Waals surface area contributed by atoms with E-state index >= 15 is 0 Å². The number of fused-ring (bicyclic) bond motifs is 5. The Labute approximate surface area is 355 Å². The van der Waals surface area contributed by atoms with E-state index in [2.05, 4.69) is 230 Å². The summed E-state index contributed by atoms with van der Waals surface area (Å²) in [4.78, 5) is 4.86. The monoisotopic (exact) mass is 774 g/mol. The van der Waals surface area contributed by atoms with Gasteiger partial charge < -0.3 is 9.80 Å². The third kappa shape index (κ3) is 5.92. The van der Waals surface area contributed by atoms with E-state index in [0.717, 1.165) is 23.0 Å². The smallest absolute Gasteiger partial charge is 0.0543 e. The maximum Gasteiger partial charge on any atom is 0.0543 e. The van der Waals surface area contributed by atoms with E-state index in [4.69, 9.17) is 0 Å². The molecule has 0 aromatic heterocycles. The third-order valence-electron chi connectivity index (χ3n) is 14.2. The summed E-state index contributed by atoms with van der Waals surface area (Å²) in [5.41, 5.74) is 17.7. The number of nitrogens with zero attached hydrogens (tertiary/aromatic N) is 2. The molecular weight excluding hydrogens is 725 g/mol. The summed E-state index contributed by atoms with van der Waals surface area (Å²) in [7, 11) is 0. The molecule has 8 aromatic rings. The highest BCUT2D eigenvalue weighted by Gasteiger charge is 2.52. The van der Waals surface area contributed by atoms with Gasteiger partial charge in [0.2, 0.25) is 0 Å². The van der Waals surface area contributed by atoms with Crippen molar-refractivity contribution in [2.45, 2.75) is 50.4 Å². The summed E-state index contributed by atoms with van der Waals surface area (Å²) >= 11 is 0. The molecule has 60 heavy (non-hydrogen) atoms. The van der Waals surface area contributed by atoms with Crippen LogP contribution in [-0.2, 0) is 10.8 Å². The molecule has 0 amide bonds. The van der Waals surface area contributed by atoms with E-state index in [9.17, 15) is 0 Å². The highest BCUT2D eigenvalue weighted by atomic mass is 15.1. The number of benzene rings is 8. The van der Waals surface area contributed by atoms with Gasteiger partial charge in [-0.15, -0.1) is 0 Å². The molecule has 0 N–H and O–H groups in total. The Morgan fingerprint density at radius 1 is 0.417 bits per heavy atom. The predicted octanol–water partition coefficient (Wildman–Crippen LogP) is 15.7. The minimum absolute atomic E-state index is 0.0134. The van der Waals surface area contributed by atoms with E-state index in [1.165, 1.54) is 87.3 Å². The van der Waals surface area contributed by atoms with Crippen molar-refractivity contribution in [3.63, 3.8) is 0 Å². The number of anilines is 6. The topological polar surface area (TPSA) is 6.48 Å². The van der Waals surface area contributed by atoms with Crippen molar-refractivity contribution in [3.05, 3.63) is 229 Å². The second kappa shape index (κ2) is 14.6. The third-order valence-corrected chi connectivity index (χ3v) is 14.2. The molecule has 3 aliphatic carbocycles. The molecular formula is C58H50N2. The minimum atomic E-state index is -0.120. The van der Waals surface area contributed by atoms with E-state index < -0.39 is 0 Å². The van der Waals surface area contributed by atoms with Gasteiger partial charge in [-0.2, -0.15) is 0 Å². The minimum Gasteiger partial charge on any atom is -0.311 e. The Hall–Kier alpha value is -6.64. The van der Waals surface area contributed by atoms with Crippen molar-refractivity contribution in [2.75, 3.05) is 9.80 Å². The van der Waals surface area contributed by atoms with E-state index in [-0.39, 0.29) is 10.8 Å². The van der Waals surface area contributed by atoms with Gasteiger partial charge in [-0.25, -0.2) is 0 Å². The van der Waals surface area contributed by atoms with Crippen LogP contribution in [0.3, 0.4) is 0 Å². The lowest BCUT2D eigenvalue weighted by Crippen LogP contribution is -2.34. The SMILES string of the molecule is CC1(C)c2ccccc2-c2cc(-c3ccccc3)c(N(c3ccccc3)c3ccc(C4(c5ccc(N(c6ccccc6)c6ccccc6)cc5)CC5CCC4C5)cc3)cc21. The lowest BCUT2D eigenvalue weighted by atomic mass is 9.64. The molecule has 3 aliphatic rings. The van der Waals surface area contributed by atoms with E-state index in [0.29, 0.717) is 5.92 Å². The summed E-state index contributed by atoms with van der Waals surface area (Å²) in [5, 5.41) is 0. The average molecular weight is 775 g/mol. The first-order valence-corrected chi connectivity index (χ1v) is 21.8. The molecule has 2 saturated carbocycles. The van der Waals surface area contributed by atoms with Crippen LogP contribution in [0, 0.1) is 11.8 Å². The lowest BCUT2D eigenvalue weighted by molar-refractivity contribution is 0.320. The van der Waals surface area contributed by atoms with Crippen LogP contribution in [0.2, 0.25) is 0 Å². The molecule has 2 heteroatoms. The lowest BCUT2D eigenvalue weighted by Gasteiger charge is -2.40. The molecule has 2 fully saturated rings. The van der Waals surface area contributed by atoms with Crippen molar-refractivity contribution in [3.8, 4) is 22.3 Å². The maximum absolute atomic E-state index is 2.50. The fourth-order valence-corrected chi connectivity index (χ4v) is 11.4. The van der Waals surface area contributed by atoms with Gasteiger partial charge in [0.25, 0.3) is 0 Å². The maximum atomic E-state index is 2.50. The molecule has 0 aliphatic heterocycles. The Bertz CT molecular complexity index is 2740. The second-order valence-corrected chi connectivity index (χ2v) is 17.8. The van der Waals surface area contributed by atoms with Gasteiger partial charge in [-0.1, -0.05) is 154 Å². The number of rotatable bonds is 9. The van der Waals surface area contributed by atoms with Gasteiger partial charge in [0.15, 0.2) is 0 Å². The number of para-hydroxylation sites is 3. The van der Waals surface area contributed by atoms with E-state index in [1.807, 2.05) is 0 Å². The summed E-state index contributed by atoms with van der Waals surface area (Å²) < 4.78 is 0. The number of hydrogen-bond donors (Lipinski definition) is 0. The molecule has 0 saturated heterocycles. The molecule has 292 valence electrons. The Morgan fingerprint density at radius 2 is 0.900 bits per heavy atom. The molecule has 8 aromatic carbocycles. The normalized spacial score (nSPS) is 19.4. The fraction of sp³-hybridized carbons (Fsp3) is 0.172. The van der Waals surface area contributed by atoms with Crippen LogP contribution in [0.1, 0.15) is 61.8 Å². The molecule has 2 bridgehead atoms. The van der Waals surface area contributed by atoms with Gasteiger partial charge in [0, 0.05) is 44.8 Å². The van der Waals surface area contributed by atoms with Gasteiger partial charge in [-0.3, -0.25) is 0 Å². The Morgan fingerprint density at radius 3 is 1.43 bits per heavy atom. The average Bonchev–Trinajstić information content (AvgIpc) is 4.00. The summed E-state index contributed by atoms with van der Waals surface area (Å²) in [6, 6.07) is 76.6. The Balaban J connectivity index is 1.03. The van der Waals surface area contributed by atoms with Crippen LogP contribution in [0.5, 0.6) is 0 Å². The predicted molar refractivity (Wildman–Crippen MR) is 251 cm³/mol.